The van der Waals surface area contributed by atoms with Crippen LogP contribution < -0.4 is 5.32 Å². The molecule has 122 valence electrons. The van der Waals surface area contributed by atoms with Crippen LogP contribution in [-0.4, -0.2) is 43.7 Å². The standard InChI is InChI=1S/C17H25FN2O2/c1-17(2,3)16(21)19-12-15(20-7-9-22-10-8-20)13-5-4-6-14(18)11-13/h4-6,11,15H,7-10,12H2,1-3H3,(H,19,21). The van der Waals surface area contributed by atoms with Gasteiger partial charge in [0, 0.05) is 25.0 Å². The maximum absolute atomic E-state index is 13.6. The molecule has 4 nitrogen and oxygen atoms in total. The molecule has 1 heterocycles. The lowest BCUT2D eigenvalue weighted by Gasteiger charge is -2.35. The molecule has 5 heteroatoms. The van der Waals surface area contributed by atoms with E-state index in [0.29, 0.717) is 19.8 Å². The highest BCUT2D eigenvalue weighted by atomic mass is 19.1. The molecule has 1 aliphatic rings. The number of hydrogen-bond acceptors (Lipinski definition) is 3. The summed E-state index contributed by atoms with van der Waals surface area (Å²) in [4.78, 5) is 14.4. The topological polar surface area (TPSA) is 41.6 Å². The summed E-state index contributed by atoms with van der Waals surface area (Å²) in [6, 6.07) is 6.57. The number of benzene rings is 1. The highest BCUT2D eigenvalue weighted by Gasteiger charge is 2.26. The zero-order valence-electron chi connectivity index (χ0n) is 13.6. The Balaban J connectivity index is 2.13. The minimum absolute atomic E-state index is 0.00200. The van der Waals surface area contributed by atoms with E-state index in [1.807, 2.05) is 26.8 Å². The van der Waals surface area contributed by atoms with Gasteiger partial charge in [-0.2, -0.15) is 0 Å². The molecule has 1 aliphatic heterocycles. The third kappa shape index (κ3) is 4.52. The molecule has 0 aromatic heterocycles. The predicted octanol–water partition coefficient (Wildman–Crippen LogP) is 2.36. The highest BCUT2D eigenvalue weighted by molar-refractivity contribution is 5.81. The van der Waals surface area contributed by atoms with E-state index in [2.05, 4.69) is 10.2 Å². The van der Waals surface area contributed by atoms with E-state index in [9.17, 15) is 9.18 Å². The number of carbonyl (C=O) groups is 1. The van der Waals surface area contributed by atoms with Crippen LogP contribution in [0, 0.1) is 11.2 Å². The fourth-order valence-electron chi connectivity index (χ4n) is 2.52. The van der Waals surface area contributed by atoms with E-state index in [1.54, 1.807) is 12.1 Å². The number of rotatable bonds is 4. The van der Waals surface area contributed by atoms with Gasteiger partial charge in [-0.05, 0) is 17.7 Å². The lowest BCUT2D eigenvalue weighted by molar-refractivity contribution is -0.128. The van der Waals surface area contributed by atoms with Gasteiger partial charge in [0.25, 0.3) is 0 Å². The SMILES string of the molecule is CC(C)(C)C(=O)NCC(c1cccc(F)c1)N1CCOCC1. The molecule has 0 spiro atoms. The molecule has 1 atom stereocenters. The minimum atomic E-state index is -0.433. The summed E-state index contributed by atoms with van der Waals surface area (Å²) >= 11 is 0. The van der Waals surface area contributed by atoms with Crippen LogP contribution in [0.2, 0.25) is 0 Å². The van der Waals surface area contributed by atoms with Crippen LogP contribution in [0.1, 0.15) is 32.4 Å². The Morgan fingerprint density at radius 1 is 1.36 bits per heavy atom. The fraction of sp³-hybridized carbons (Fsp3) is 0.588. The molecule has 1 aromatic rings. The summed E-state index contributed by atoms with van der Waals surface area (Å²) in [6.07, 6.45) is 0. The third-order valence-electron chi connectivity index (χ3n) is 3.86. The van der Waals surface area contributed by atoms with Crippen molar-refractivity contribution < 1.29 is 13.9 Å². The van der Waals surface area contributed by atoms with Gasteiger partial charge in [0.1, 0.15) is 5.82 Å². The summed E-state index contributed by atoms with van der Waals surface area (Å²) in [5.74, 6) is -0.250. The molecule has 0 bridgehead atoms. The smallest absolute Gasteiger partial charge is 0.225 e. The van der Waals surface area contributed by atoms with Crippen molar-refractivity contribution in [2.45, 2.75) is 26.8 Å². The third-order valence-corrected chi connectivity index (χ3v) is 3.86. The number of amides is 1. The molecule has 1 N–H and O–H groups in total. The Morgan fingerprint density at radius 2 is 2.05 bits per heavy atom. The second-order valence-electron chi connectivity index (χ2n) is 6.68. The number of halogens is 1. The van der Waals surface area contributed by atoms with Crippen LogP contribution in [-0.2, 0) is 9.53 Å². The van der Waals surface area contributed by atoms with E-state index in [1.165, 1.54) is 6.07 Å². The summed E-state index contributed by atoms with van der Waals surface area (Å²) in [5.41, 5.74) is 0.452. The summed E-state index contributed by atoms with van der Waals surface area (Å²) in [5, 5.41) is 2.99. The van der Waals surface area contributed by atoms with Gasteiger partial charge in [0.2, 0.25) is 5.91 Å². The van der Waals surface area contributed by atoms with Gasteiger partial charge in [0.05, 0.1) is 19.3 Å². The Labute approximate surface area is 131 Å². The van der Waals surface area contributed by atoms with Crippen molar-refractivity contribution >= 4 is 5.91 Å². The quantitative estimate of drug-likeness (QED) is 0.928. The molecule has 0 saturated carbocycles. The highest BCUT2D eigenvalue weighted by Crippen LogP contribution is 2.23. The maximum atomic E-state index is 13.6. The molecule has 0 aliphatic carbocycles. The first-order chi connectivity index (χ1) is 10.4. The van der Waals surface area contributed by atoms with Crippen LogP contribution in [0.5, 0.6) is 0 Å². The molecular formula is C17H25FN2O2. The van der Waals surface area contributed by atoms with Crippen LogP contribution in [0.4, 0.5) is 4.39 Å². The van der Waals surface area contributed by atoms with E-state index in [4.69, 9.17) is 4.74 Å². The summed E-state index contributed by atoms with van der Waals surface area (Å²) in [7, 11) is 0. The first-order valence-electron chi connectivity index (χ1n) is 7.73. The molecule has 1 amide bonds. The first kappa shape index (κ1) is 16.9. The van der Waals surface area contributed by atoms with Gasteiger partial charge >= 0.3 is 0 Å². The summed E-state index contributed by atoms with van der Waals surface area (Å²) < 4.78 is 18.9. The molecule has 22 heavy (non-hydrogen) atoms. The van der Waals surface area contributed by atoms with Crippen molar-refractivity contribution in [3.8, 4) is 0 Å². The average Bonchev–Trinajstić information content (AvgIpc) is 2.47. The van der Waals surface area contributed by atoms with E-state index < -0.39 is 5.41 Å². The predicted molar refractivity (Wildman–Crippen MR) is 84.0 cm³/mol. The van der Waals surface area contributed by atoms with Gasteiger partial charge in [-0.25, -0.2) is 4.39 Å². The number of nitrogens with zero attached hydrogens (tertiary/aromatic N) is 1. The second-order valence-corrected chi connectivity index (χ2v) is 6.68. The Kier molecular flexibility index (Phi) is 5.53. The molecule has 1 fully saturated rings. The van der Waals surface area contributed by atoms with Crippen molar-refractivity contribution in [2.75, 3.05) is 32.8 Å². The van der Waals surface area contributed by atoms with Crippen molar-refractivity contribution in [2.24, 2.45) is 5.41 Å². The number of hydrogen-bond donors (Lipinski definition) is 1. The van der Waals surface area contributed by atoms with Gasteiger partial charge in [-0.3, -0.25) is 9.69 Å². The van der Waals surface area contributed by atoms with Crippen LogP contribution in [0.25, 0.3) is 0 Å². The minimum Gasteiger partial charge on any atom is -0.379 e. The van der Waals surface area contributed by atoms with Gasteiger partial charge < -0.3 is 10.1 Å². The van der Waals surface area contributed by atoms with Crippen molar-refractivity contribution in [3.63, 3.8) is 0 Å². The monoisotopic (exact) mass is 308 g/mol. The zero-order valence-corrected chi connectivity index (χ0v) is 13.6. The fourth-order valence-corrected chi connectivity index (χ4v) is 2.52. The first-order valence-corrected chi connectivity index (χ1v) is 7.73. The van der Waals surface area contributed by atoms with Gasteiger partial charge in [-0.15, -0.1) is 0 Å². The van der Waals surface area contributed by atoms with Crippen LogP contribution in [0.3, 0.4) is 0 Å². The molecular weight excluding hydrogens is 283 g/mol. The Hall–Kier alpha value is -1.46. The maximum Gasteiger partial charge on any atom is 0.225 e. The number of nitrogens with one attached hydrogen (secondary N) is 1. The largest absolute Gasteiger partial charge is 0.379 e. The van der Waals surface area contributed by atoms with Crippen LogP contribution >= 0.6 is 0 Å². The average molecular weight is 308 g/mol. The van der Waals surface area contributed by atoms with Gasteiger partial charge in [0.15, 0.2) is 0 Å². The van der Waals surface area contributed by atoms with Crippen molar-refractivity contribution in [3.05, 3.63) is 35.6 Å². The normalized spacial score (nSPS) is 18.0. The lowest BCUT2D eigenvalue weighted by atomic mass is 9.95. The number of morpholine rings is 1. The van der Waals surface area contributed by atoms with Crippen molar-refractivity contribution in [1.82, 2.24) is 10.2 Å². The van der Waals surface area contributed by atoms with Crippen molar-refractivity contribution in [1.29, 1.82) is 0 Å². The van der Waals surface area contributed by atoms with E-state index >= 15 is 0 Å². The molecule has 1 aromatic carbocycles. The van der Waals surface area contributed by atoms with Crippen LogP contribution in [0.15, 0.2) is 24.3 Å². The van der Waals surface area contributed by atoms with E-state index in [0.717, 1.165) is 18.7 Å². The molecule has 0 radical (unpaired) electrons. The Morgan fingerprint density at radius 3 is 2.64 bits per heavy atom. The number of carbonyl (C=O) groups excluding carboxylic acids is 1. The Bertz CT molecular complexity index is 508. The molecule has 2 rings (SSSR count). The zero-order chi connectivity index (χ0) is 16.2. The van der Waals surface area contributed by atoms with E-state index in [-0.39, 0.29) is 17.8 Å². The van der Waals surface area contributed by atoms with Gasteiger partial charge in [-0.1, -0.05) is 32.9 Å². The lowest BCUT2D eigenvalue weighted by Crippen LogP contribution is -2.45. The number of ether oxygens (including phenoxy) is 1. The molecule has 1 saturated heterocycles. The second kappa shape index (κ2) is 7.20. The summed E-state index contributed by atoms with van der Waals surface area (Å²) in [6.45, 7) is 9.02. The molecule has 1 unspecified atom stereocenters.